The zero-order valence-corrected chi connectivity index (χ0v) is 16.1. The third-order valence-corrected chi connectivity index (χ3v) is 5.98. The number of fused-ring (bicyclic) bond motifs is 1. The Morgan fingerprint density at radius 2 is 2.13 bits per heavy atom. The summed E-state index contributed by atoms with van der Waals surface area (Å²) in [5.41, 5.74) is 5.34. The van der Waals surface area contributed by atoms with E-state index in [-0.39, 0.29) is 5.54 Å². The predicted octanol–water partition coefficient (Wildman–Crippen LogP) is 5.06. The summed E-state index contributed by atoms with van der Waals surface area (Å²) in [5.74, 6) is 0. The molecule has 4 heteroatoms. The van der Waals surface area contributed by atoms with Gasteiger partial charge in [0.2, 0.25) is 0 Å². The van der Waals surface area contributed by atoms with E-state index in [0.717, 1.165) is 10.9 Å². The average molecular weight is 345 g/mol. The van der Waals surface area contributed by atoms with Crippen molar-refractivity contribution in [2.24, 2.45) is 0 Å². The van der Waals surface area contributed by atoms with E-state index in [1.165, 1.54) is 27.3 Å². The molecule has 0 radical (unpaired) electrons. The van der Waals surface area contributed by atoms with Gasteiger partial charge in [-0.05, 0) is 64.0 Å². The highest BCUT2D eigenvalue weighted by Gasteiger charge is 2.30. The van der Waals surface area contributed by atoms with Crippen LogP contribution < -0.4 is 10.2 Å². The molecule has 23 heavy (non-hydrogen) atoms. The molecule has 0 aromatic heterocycles. The van der Waals surface area contributed by atoms with Crippen molar-refractivity contribution >= 4 is 45.6 Å². The highest BCUT2D eigenvalue weighted by atomic mass is 32.2. The molecule has 0 spiro atoms. The number of rotatable bonds is 2. The molecule has 2 aliphatic heterocycles. The summed E-state index contributed by atoms with van der Waals surface area (Å²) >= 11 is 6.92. The van der Waals surface area contributed by atoms with Gasteiger partial charge in [0.25, 0.3) is 0 Å². The van der Waals surface area contributed by atoms with E-state index in [1.54, 1.807) is 11.8 Å². The normalized spacial score (nSPS) is 24.5. The highest BCUT2D eigenvalue weighted by molar-refractivity contribution is 8.26. The van der Waals surface area contributed by atoms with Gasteiger partial charge >= 0.3 is 0 Å². The third-order valence-electron chi connectivity index (χ3n) is 4.60. The van der Waals surface area contributed by atoms with Gasteiger partial charge in [-0.15, -0.1) is 0 Å². The maximum absolute atomic E-state index is 5.26. The summed E-state index contributed by atoms with van der Waals surface area (Å²) in [6.07, 6.45) is 4.63. The molecule has 1 aromatic carbocycles. The van der Waals surface area contributed by atoms with Gasteiger partial charge in [0.15, 0.2) is 0 Å². The first-order chi connectivity index (χ1) is 10.8. The van der Waals surface area contributed by atoms with Crippen LogP contribution in [0.2, 0.25) is 0 Å². The number of nitrogens with one attached hydrogen (secondary N) is 1. The molecule has 1 saturated heterocycles. The standard InChI is InChI=1S/C19H24N2S2/c1-6-21-16-8-7-14(10-17-13(3)20-18(22)23-17)9-15(16)12(2)11-19(21,4)5/h7-11,13H,6H2,1-5H3,(H,20,22). The van der Waals surface area contributed by atoms with Crippen LogP contribution in [0.1, 0.15) is 45.7 Å². The van der Waals surface area contributed by atoms with Crippen molar-refractivity contribution in [3.05, 3.63) is 40.3 Å². The Bertz CT molecular complexity index is 716. The van der Waals surface area contributed by atoms with Crippen LogP contribution in [0.3, 0.4) is 0 Å². The minimum atomic E-state index is 0.0672. The first kappa shape index (κ1) is 16.6. The van der Waals surface area contributed by atoms with Crippen molar-refractivity contribution in [3.63, 3.8) is 0 Å². The van der Waals surface area contributed by atoms with Gasteiger partial charge in [-0.25, -0.2) is 0 Å². The number of hydrogen-bond acceptors (Lipinski definition) is 3. The molecule has 2 heterocycles. The van der Waals surface area contributed by atoms with E-state index in [0.29, 0.717) is 6.04 Å². The maximum atomic E-state index is 5.26. The van der Waals surface area contributed by atoms with Crippen molar-refractivity contribution in [1.82, 2.24) is 5.32 Å². The van der Waals surface area contributed by atoms with E-state index in [9.17, 15) is 0 Å². The van der Waals surface area contributed by atoms with Crippen molar-refractivity contribution in [1.29, 1.82) is 0 Å². The Hall–Kier alpha value is -1.26. The Morgan fingerprint density at radius 1 is 1.39 bits per heavy atom. The Kier molecular flexibility index (Phi) is 4.32. The van der Waals surface area contributed by atoms with Gasteiger partial charge in [-0.1, -0.05) is 36.1 Å². The van der Waals surface area contributed by atoms with Gasteiger partial charge in [0.05, 0.1) is 11.6 Å². The monoisotopic (exact) mass is 344 g/mol. The zero-order valence-electron chi connectivity index (χ0n) is 14.4. The fourth-order valence-corrected chi connectivity index (χ4v) is 4.91. The molecular formula is C19H24N2S2. The van der Waals surface area contributed by atoms with Crippen LogP contribution in [-0.2, 0) is 0 Å². The van der Waals surface area contributed by atoms with Gasteiger partial charge in [-0.3, -0.25) is 0 Å². The van der Waals surface area contributed by atoms with Crippen molar-refractivity contribution in [2.45, 2.75) is 46.2 Å². The Morgan fingerprint density at radius 3 is 2.74 bits per heavy atom. The Labute approximate surface area is 149 Å². The summed E-state index contributed by atoms with van der Waals surface area (Å²) < 4.78 is 0.872. The van der Waals surface area contributed by atoms with Crippen LogP contribution in [0.5, 0.6) is 0 Å². The molecule has 0 saturated carbocycles. The molecule has 1 N–H and O–H groups in total. The predicted molar refractivity (Wildman–Crippen MR) is 108 cm³/mol. The van der Waals surface area contributed by atoms with Crippen LogP contribution >= 0.6 is 24.0 Å². The van der Waals surface area contributed by atoms with Crippen molar-refractivity contribution < 1.29 is 0 Å². The topological polar surface area (TPSA) is 15.3 Å². The number of anilines is 1. The van der Waals surface area contributed by atoms with Gasteiger partial charge in [0.1, 0.15) is 4.32 Å². The Balaban J connectivity index is 2.02. The molecule has 1 aromatic rings. The first-order valence-corrected chi connectivity index (χ1v) is 9.36. The van der Waals surface area contributed by atoms with Gasteiger partial charge in [-0.2, -0.15) is 0 Å². The molecule has 1 unspecified atom stereocenters. The fraction of sp³-hybridized carbons (Fsp3) is 0.421. The van der Waals surface area contributed by atoms with Crippen LogP contribution in [0.4, 0.5) is 5.69 Å². The van der Waals surface area contributed by atoms with Gasteiger partial charge < -0.3 is 10.2 Å². The number of thioether (sulfide) groups is 1. The SMILES string of the molecule is CCN1c2ccc(C=C3SC(=S)NC3C)cc2C(C)=CC1(C)C. The summed E-state index contributed by atoms with van der Waals surface area (Å²) in [6.45, 7) is 12.2. The summed E-state index contributed by atoms with van der Waals surface area (Å²) in [6, 6.07) is 7.10. The van der Waals surface area contributed by atoms with Crippen LogP contribution in [0, 0.1) is 0 Å². The van der Waals surface area contributed by atoms with Crippen molar-refractivity contribution in [3.8, 4) is 0 Å². The minimum absolute atomic E-state index is 0.0672. The number of nitrogens with zero attached hydrogens (tertiary/aromatic N) is 1. The summed E-state index contributed by atoms with van der Waals surface area (Å²) in [7, 11) is 0. The average Bonchev–Trinajstić information content (AvgIpc) is 2.77. The summed E-state index contributed by atoms with van der Waals surface area (Å²) in [5, 5.41) is 3.29. The largest absolute Gasteiger partial charge is 0.364 e. The molecule has 1 atom stereocenters. The lowest BCUT2D eigenvalue weighted by molar-refractivity contribution is 0.566. The second kappa shape index (κ2) is 5.99. The quantitative estimate of drug-likeness (QED) is 0.754. The smallest absolute Gasteiger partial charge is 0.138 e. The number of benzene rings is 1. The fourth-order valence-electron chi connectivity index (χ4n) is 3.56. The molecule has 2 aliphatic rings. The molecule has 2 nitrogen and oxygen atoms in total. The number of thiocarbonyl (C=S) groups is 1. The van der Waals surface area contributed by atoms with E-state index in [4.69, 9.17) is 12.2 Å². The second-order valence-corrected chi connectivity index (χ2v) is 8.55. The minimum Gasteiger partial charge on any atom is -0.364 e. The lowest BCUT2D eigenvalue weighted by Crippen LogP contribution is -2.44. The van der Waals surface area contributed by atoms with E-state index in [1.807, 2.05) is 0 Å². The zero-order chi connectivity index (χ0) is 16.8. The third kappa shape index (κ3) is 3.07. The molecule has 3 rings (SSSR count). The summed E-state index contributed by atoms with van der Waals surface area (Å²) in [4.78, 5) is 3.76. The van der Waals surface area contributed by atoms with Crippen molar-refractivity contribution in [2.75, 3.05) is 11.4 Å². The molecule has 0 aliphatic carbocycles. The van der Waals surface area contributed by atoms with E-state index in [2.05, 4.69) is 75.2 Å². The molecule has 0 bridgehead atoms. The van der Waals surface area contributed by atoms with E-state index >= 15 is 0 Å². The number of allylic oxidation sites excluding steroid dienone is 1. The molecular weight excluding hydrogens is 320 g/mol. The first-order valence-electron chi connectivity index (χ1n) is 8.13. The molecule has 1 fully saturated rings. The number of hydrogen-bond donors (Lipinski definition) is 1. The second-order valence-electron chi connectivity index (χ2n) is 6.80. The van der Waals surface area contributed by atoms with Crippen LogP contribution in [0.25, 0.3) is 11.6 Å². The maximum Gasteiger partial charge on any atom is 0.138 e. The highest BCUT2D eigenvalue weighted by Crippen LogP contribution is 2.39. The van der Waals surface area contributed by atoms with Crippen LogP contribution in [-0.4, -0.2) is 22.4 Å². The van der Waals surface area contributed by atoms with E-state index < -0.39 is 0 Å². The van der Waals surface area contributed by atoms with Gasteiger partial charge in [0, 0.05) is 22.7 Å². The molecule has 122 valence electrons. The lowest BCUT2D eigenvalue weighted by Gasteiger charge is -2.42. The van der Waals surface area contributed by atoms with Crippen LogP contribution in [0.15, 0.2) is 29.2 Å². The lowest BCUT2D eigenvalue weighted by atomic mass is 9.88. The molecule has 0 amide bonds. The number of likely N-dealkylation sites (N-methyl/N-ethyl adjacent to an activating group) is 1.